The summed E-state index contributed by atoms with van der Waals surface area (Å²) in [5.41, 5.74) is 5.06. The van der Waals surface area contributed by atoms with Crippen molar-refractivity contribution in [2.24, 2.45) is 0 Å². The van der Waals surface area contributed by atoms with Crippen molar-refractivity contribution in [3.8, 4) is 22.6 Å². The summed E-state index contributed by atoms with van der Waals surface area (Å²) in [5, 5.41) is 4.82. The van der Waals surface area contributed by atoms with Crippen LogP contribution in [0.15, 0.2) is 79.3 Å². The topological polar surface area (TPSA) is 43.6 Å². The number of benzene rings is 1. The Hall–Kier alpha value is -2.54. The summed E-state index contributed by atoms with van der Waals surface area (Å²) in [7, 11) is 0. The van der Waals surface area contributed by atoms with Gasteiger partial charge >= 0.3 is 0 Å². The zero-order chi connectivity index (χ0) is 17.1. The van der Waals surface area contributed by atoms with E-state index in [0.29, 0.717) is 6.54 Å². The molecule has 1 aromatic carbocycles. The zero-order valence-electron chi connectivity index (χ0n) is 13.4. The molecule has 0 saturated carbocycles. The average molecular weight is 438 g/mol. The van der Waals surface area contributed by atoms with E-state index in [0.717, 1.165) is 22.6 Å². The molecule has 0 fully saturated rings. The smallest absolute Gasteiger partial charge is 0.111 e. The molecule has 0 aliphatic rings. The van der Waals surface area contributed by atoms with Crippen LogP contribution in [0, 0.1) is 3.57 Å². The molecule has 0 spiro atoms. The van der Waals surface area contributed by atoms with Gasteiger partial charge in [0.1, 0.15) is 5.69 Å². The largest absolute Gasteiger partial charge is 0.264 e. The van der Waals surface area contributed by atoms with Crippen LogP contribution in [-0.2, 0) is 6.54 Å². The van der Waals surface area contributed by atoms with Crippen LogP contribution < -0.4 is 0 Å². The lowest BCUT2D eigenvalue weighted by molar-refractivity contribution is 0.694. The van der Waals surface area contributed by atoms with Crippen molar-refractivity contribution in [2.45, 2.75) is 6.54 Å². The van der Waals surface area contributed by atoms with Crippen LogP contribution in [0.2, 0.25) is 0 Å². The quantitative estimate of drug-likeness (QED) is 0.436. The molecule has 3 aromatic heterocycles. The minimum absolute atomic E-state index is 0.705. The summed E-state index contributed by atoms with van der Waals surface area (Å²) in [6.45, 7) is 0.705. The SMILES string of the molecule is Ic1ccccc1Cn1nc(-c2ccccn2)cc1-c1cccnc1. The molecular weight excluding hydrogens is 423 g/mol. The van der Waals surface area contributed by atoms with Crippen molar-refractivity contribution in [2.75, 3.05) is 0 Å². The van der Waals surface area contributed by atoms with Gasteiger partial charge in [0.2, 0.25) is 0 Å². The van der Waals surface area contributed by atoms with Crippen molar-refractivity contribution in [3.05, 3.63) is 88.4 Å². The van der Waals surface area contributed by atoms with Crippen LogP contribution in [0.4, 0.5) is 0 Å². The average Bonchev–Trinajstić information content (AvgIpc) is 3.09. The maximum atomic E-state index is 4.82. The van der Waals surface area contributed by atoms with Crippen LogP contribution >= 0.6 is 22.6 Å². The molecule has 0 unspecified atom stereocenters. The van der Waals surface area contributed by atoms with Crippen molar-refractivity contribution in [1.29, 1.82) is 0 Å². The van der Waals surface area contributed by atoms with Gasteiger partial charge in [-0.1, -0.05) is 24.3 Å². The van der Waals surface area contributed by atoms with Crippen LogP contribution in [-0.4, -0.2) is 19.7 Å². The predicted molar refractivity (Wildman–Crippen MR) is 107 cm³/mol. The lowest BCUT2D eigenvalue weighted by Gasteiger charge is -2.09. The molecule has 0 aliphatic carbocycles. The Balaban J connectivity index is 1.81. The summed E-state index contributed by atoms with van der Waals surface area (Å²) in [6.07, 6.45) is 5.44. The monoisotopic (exact) mass is 438 g/mol. The first kappa shape index (κ1) is 16.0. The zero-order valence-corrected chi connectivity index (χ0v) is 15.5. The highest BCUT2D eigenvalue weighted by Crippen LogP contribution is 2.26. The molecule has 3 heterocycles. The predicted octanol–water partition coefficient (Wildman–Crippen LogP) is 4.66. The normalized spacial score (nSPS) is 10.8. The molecule has 4 nitrogen and oxygen atoms in total. The van der Waals surface area contributed by atoms with E-state index >= 15 is 0 Å². The van der Waals surface area contributed by atoms with E-state index in [1.807, 2.05) is 35.1 Å². The van der Waals surface area contributed by atoms with Gasteiger partial charge in [-0.3, -0.25) is 14.6 Å². The summed E-state index contributed by atoms with van der Waals surface area (Å²) >= 11 is 2.37. The maximum Gasteiger partial charge on any atom is 0.111 e. The fourth-order valence-electron chi connectivity index (χ4n) is 2.71. The number of rotatable bonds is 4. The summed E-state index contributed by atoms with van der Waals surface area (Å²) in [4.78, 5) is 8.68. The van der Waals surface area contributed by atoms with Crippen molar-refractivity contribution in [1.82, 2.24) is 19.7 Å². The van der Waals surface area contributed by atoms with Gasteiger partial charge in [-0.15, -0.1) is 0 Å². The highest BCUT2D eigenvalue weighted by Gasteiger charge is 2.13. The number of halogens is 1. The van der Waals surface area contributed by atoms with E-state index in [9.17, 15) is 0 Å². The van der Waals surface area contributed by atoms with Gasteiger partial charge in [0, 0.05) is 27.7 Å². The molecule has 0 aliphatic heterocycles. The molecule has 25 heavy (non-hydrogen) atoms. The van der Waals surface area contributed by atoms with Gasteiger partial charge in [-0.25, -0.2) is 0 Å². The minimum Gasteiger partial charge on any atom is -0.264 e. The second kappa shape index (κ2) is 7.14. The van der Waals surface area contributed by atoms with Gasteiger partial charge in [0.15, 0.2) is 0 Å². The highest BCUT2D eigenvalue weighted by atomic mass is 127. The third kappa shape index (κ3) is 3.46. The van der Waals surface area contributed by atoms with Gasteiger partial charge < -0.3 is 0 Å². The molecule has 122 valence electrons. The Kier molecular flexibility index (Phi) is 4.56. The summed E-state index contributed by atoms with van der Waals surface area (Å²) in [5.74, 6) is 0. The Labute approximate surface area is 159 Å². The Morgan fingerprint density at radius 1 is 0.880 bits per heavy atom. The second-order valence-electron chi connectivity index (χ2n) is 5.62. The highest BCUT2D eigenvalue weighted by molar-refractivity contribution is 14.1. The van der Waals surface area contributed by atoms with Crippen LogP contribution in [0.5, 0.6) is 0 Å². The number of nitrogens with zero attached hydrogens (tertiary/aromatic N) is 4. The fraction of sp³-hybridized carbons (Fsp3) is 0.0500. The number of hydrogen-bond acceptors (Lipinski definition) is 3. The van der Waals surface area contributed by atoms with Gasteiger partial charge in [-0.2, -0.15) is 5.10 Å². The van der Waals surface area contributed by atoms with Gasteiger partial charge in [-0.05, 0) is 64.6 Å². The first-order chi connectivity index (χ1) is 12.3. The second-order valence-corrected chi connectivity index (χ2v) is 6.78. The lowest BCUT2D eigenvalue weighted by atomic mass is 10.1. The third-order valence-corrected chi connectivity index (χ3v) is 4.99. The molecule has 4 rings (SSSR count). The summed E-state index contributed by atoms with van der Waals surface area (Å²) < 4.78 is 3.26. The van der Waals surface area contributed by atoms with Crippen LogP contribution in [0.25, 0.3) is 22.6 Å². The fourth-order valence-corrected chi connectivity index (χ4v) is 3.27. The molecule has 0 radical (unpaired) electrons. The lowest BCUT2D eigenvalue weighted by Crippen LogP contribution is -2.05. The molecule has 0 N–H and O–H groups in total. The molecule has 0 bridgehead atoms. The number of hydrogen-bond donors (Lipinski definition) is 0. The van der Waals surface area contributed by atoms with Crippen molar-refractivity contribution in [3.63, 3.8) is 0 Å². The number of pyridine rings is 2. The molecule has 0 atom stereocenters. The van der Waals surface area contributed by atoms with Gasteiger partial charge in [0.05, 0.1) is 17.9 Å². The molecule has 5 heteroatoms. The maximum absolute atomic E-state index is 4.82. The Morgan fingerprint density at radius 2 is 1.76 bits per heavy atom. The van der Waals surface area contributed by atoms with Crippen LogP contribution in [0.3, 0.4) is 0 Å². The van der Waals surface area contributed by atoms with E-state index in [-0.39, 0.29) is 0 Å². The summed E-state index contributed by atoms with van der Waals surface area (Å²) in [6, 6.07) is 20.3. The van der Waals surface area contributed by atoms with E-state index in [4.69, 9.17) is 5.10 Å². The Bertz CT molecular complexity index is 981. The Morgan fingerprint density at radius 3 is 2.52 bits per heavy atom. The van der Waals surface area contributed by atoms with Crippen molar-refractivity contribution >= 4 is 22.6 Å². The minimum atomic E-state index is 0.705. The van der Waals surface area contributed by atoms with Gasteiger partial charge in [0.25, 0.3) is 0 Å². The standard InChI is InChI=1S/C20H15IN4/c21-17-8-2-1-6-16(17)14-25-20(15-7-5-10-22-13-15)12-19(24-25)18-9-3-4-11-23-18/h1-13H,14H2. The number of aromatic nitrogens is 4. The molecular formula is C20H15IN4. The van der Waals surface area contributed by atoms with Crippen LogP contribution in [0.1, 0.15) is 5.56 Å². The molecule has 0 saturated heterocycles. The van der Waals surface area contributed by atoms with E-state index in [2.05, 4.69) is 69.0 Å². The van der Waals surface area contributed by atoms with E-state index in [1.165, 1.54) is 9.13 Å². The first-order valence-corrected chi connectivity index (χ1v) is 9.02. The third-order valence-electron chi connectivity index (χ3n) is 3.94. The van der Waals surface area contributed by atoms with Crippen molar-refractivity contribution < 1.29 is 0 Å². The molecule has 0 amide bonds. The van der Waals surface area contributed by atoms with E-state index in [1.54, 1.807) is 12.4 Å². The van der Waals surface area contributed by atoms with E-state index < -0.39 is 0 Å². The molecule has 4 aromatic rings. The first-order valence-electron chi connectivity index (χ1n) is 7.94.